The minimum atomic E-state index is -0.372. The molecule has 1 fully saturated rings. The largest absolute Gasteiger partial charge is 0.465 e. The van der Waals surface area contributed by atoms with Crippen molar-refractivity contribution in [2.24, 2.45) is 0 Å². The molecule has 2 unspecified atom stereocenters. The van der Waals surface area contributed by atoms with E-state index in [4.69, 9.17) is 21.7 Å². The zero-order valence-electron chi connectivity index (χ0n) is 15.5. The number of thiocarbonyl (C=S) groups is 1. The minimum absolute atomic E-state index is 0.109. The SMILES string of the molecule is COC(=O)c1cc(Cc2ccccc2)sc1NC(=S)NC(C)C1CCCO1. The molecule has 1 saturated heterocycles. The monoisotopic (exact) mass is 404 g/mol. The molecule has 0 spiro atoms. The normalized spacial score (nSPS) is 17.3. The van der Waals surface area contributed by atoms with Gasteiger partial charge in [0.2, 0.25) is 0 Å². The number of carbonyl (C=O) groups is 1. The van der Waals surface area contributed by atoms with Crippen LogP contribution in [-0.2, 0) is 15.9 Å². The number of anilines is 1. The number of benzene rings is 1. The highest BCUT2D eigenvalue weighted by molar-refractivity contribution is 7.80. The highest BCUT2D eigenvalue weighted by Gasteiger charge is 2.24. The van der Waals surface area contributed by atoms with Gasteiger partial charge in [-0.1, -0.05) is 30.3 Å². The van der Waals surface area contributed by atoms with E-state index in [9.17, 15) is 4.79 Å². The quantitative estimate of drug-likeness (QED) is 0.561. The van der Waals surface area contributed by atoms with Gasteiger partial charge in [-0.3, -0.25) is 0 Å². The number of hydrogen-bond acceptors (Lipinski definition) is 5. The van der Waals surface area contributed by atoms with E-state index in [2.05, 4.69) is 29.7 Å². The van der Waals surface area contributed by atoms with Crippen molar-refractivity contribution in [3.63, 3.8) is 0 Å². The molecule has 144 valence electrons. The molecular formula is C20H24N2O3S2. The number of rotatable bonds is 6. The average molecular weight is 405 g/mol. The molecule has 0 bridgehead atoms. The Kier molecular flexibility index (Phi) is 6.82. The Morgan fingerprint density at radius 2 is 2.19 bits per heavy atom. The summed E-state index contributed by atoms with van der Waals surface area (Å²) in [6.45, 7) is 2.86. The van der Waals surface area contributed by atoms with E-state index in [1.54, 1.807) is 0 Å². The predicted molar refractivity (Wildman–Crippen MR) is 113 cm³/mol. The molecule has 7 heteroatoms. The molecule has 1 aliphatic heterocycles. The molecule has 2 aromatic rings. The first kappa shape index (κ1) is 19.8. The number of carbonyl (C=O) groups excluding carboxylic acids is 1. The van der Waals surface area contributed by atoms with Gasteiger partial charge in [0.05, 0.1) is 24.8 Å². The van der Waals surface area contributed by atoms with E-state index >= 15 is 0 Å². The van der Waals surface area contributed by atoms with Crippen molar-refractivity contribution < 1.29 is 14.3 Å². The fourth-order valence-corrected chi connectivity index (χ4v) is 4.55. The van der Waals surface area contributed by atoms with Crippen LogP contribution in [0.2, 0.25) is 0 Å². The summed E-state index contributed by atoms with van der Waals surface area (Å²) in [4.78, 5) is 13.2. The van der Waals surface area contributed by atoms with Crippen LogP contribution in [0.15, 0.2) is 36.4 Å². The summed E-state index contributed by atoms with van der Waals surface area (Å²) < 4.78 is 10.6. The smallest absolute Gasteiger partial charge is 0.340 e. The number of thiophene rings is 1. The molecule has 1 aromatic carbocycles. The standard InChI is InChI=1S/C20H24N2O3S2/c1-13(17-9-6-10-25-17)21-20(26)22-18-16(19(23)24-2)12-15(27-18)11-14-7-4-3-5-8-14/h3-5,7-8,12-13,17H,6,9-11H2,1-2H3,(H2,21,22,26). The van der Waals surface area contributed by atoms with Gasteiger partial charge in [0, 0.05) is 17.9 Å². The maximum Gasteiger partial charge on any atom is 0.340 e. The van der Waals surface area contributed by atoms with Gasteiger partial charge in [-0.15, -0.1) is 11.3 Å². The van der Waals surface area contributed by atoms with Crippen LogP contribution in [0.4, 0.5) is 5.00 Å². The lowest BCUT2D eigenvalue weighted by Crippen LogP contribution is -2.42. The van der Waals surface area contributed by atoms with Gasteiger partial charge in [-0.25, -0.2) is 4.79 Å². The fraction of sp³-hybridized carbons (Fsp3) is 0.400. The van der Waals surface area contributed by atoms with E-state index in [0.29, 0.717) is 15.7 Å². The third kappa shape index (κ3) is 5.28. The van der Waals surface area contributed by atoms with Crippen molar-refractivity contribution in [3.8, 4) is 0 Å². The molecular weight excluding hydrogens is 380 g/mol. The Balaban J connectivity index is 1.70. The van der Waals surface area contributed by atoms with Gasteiger partial charge in [0.25, 0.3) is 0 Å². The van der Waals surface area contributed by atoms with Crippen LogP contribution in [0.1, 0.15) is 40.6 Å². The molecule has 2 atom stereocenters. The zero-order chi connectivity index (χ0) is 19.2. The Morgan fingerprint density at radius 3 is 2.85 bits per heavy atom. The van der Waals surface area contributed by atoms with Crippen molar-refractivity contribution in [2.75, 3.05) is 19.0 Å². The van der Waals surface area contributed by atoms with Gasteiger partial charge < -0.3 is 20.1 Å². The third-order valence-electron chi connectivity index (χ3n) is 4.52. The second kappa shape index (κ2) is 9.30. The molecule has 2 heterocycles. The topological polar surface area (TPSA) is 59.6 Å². The molecule has 0 aliphatic carbocycles. The summed E-state index contributed by atoms with van der Waals surface area (Å²) in [6.07, 6.45) is 3.03. The molecule has 5 nitrogen and oxygen atoms in total. The van der Waals surface area contributed by atoms with E-state index in [-0.39, 0.29) is 18.1 Å². The Hall–Kier alpha value is -1.96. The summed E-state index contributed by atoms with van der Waals surface area (Å²) in [5.41, 5.74) is 1.69. The van der Waals surface area contributed by atoms with Gasteiger partial charge in [0.1, 0.15) is 5.00 Å². The van der Waals surface area contributed by atoms with Crippen LogP contribution in [0, 0.1) is 0 Å². The molecule has 2 N–H and O–H groups in total. The summed E-state index contributed by atoms with van der Waals surface area (Å²) in [7, 11) is 1.39. The summed E-state index contributed by atoms with van der Waals surface area (Å²) >= 11 is 6.96. The first-order valence-electron chi connectivity index (χ1n) is 9.01. The van der Waals surface area contributed by atoms with Gasteiger partial charge in [0.15, 0.2) is 5.11 Å². The molecule has 1 aliphatic rings. The summed E-state index contributed by atoms with van der Waals surface area (Å²) in [6, 6.07) is 12.1. The highest BCUT2D eigenvalue weighted by Crippen LogP contribution is 2.30. The fourth-order valence-electron chi connectivity index (χ4n) is 3.12. The number of ether oxygens (including phenoxy) is 2. The van der Waals surface area contributed by atoms with Crippen molar-refractivity contribution in [1.82, 2.24) is 5.32 Å². The van der Waals surface area contributed by atoms with Crippen molar-refractivity contribution in [3.05, 3.63) is 52.4 Å². The first-order chi connectivity index (χ1) is 13.1. The van der Waals surface area contributed by atoms with E-state index in [1.165, 1.54) is 24.0 Å². The molecule has 0 saturated carbocycles. The highest BCUT2D eigenvalue weighted by atomic mass is 32.1. The third-order valence-corrected chi connectivity index (χ3v) is 5.79. The lowest BCUT2D eigenvalue weighted by Gasteiger charge is -2.21. The second-order valence-electron chi connectivity index (χ2n) is 6.55. The molecule has 0 amide bonds. The molecule has 1 aromatic heterocycles. The van der Waals surface area contributed by atoms with Crippen LogP contribution in [0.3, 0.4) is 0 Å². The van der Waals surface area contributed by atoms with Crippen LogP contribution in [-0.4, -0.2) is 36.9 Å². The number of hydrogen-bond donors (Lipinski definition) is 2. The number of nitrogens with one attached hydrogen (secondary N) is 2. The van der Waals surface area contributed by atoms with Crippen LogP contribution in [0.5, 0.6) is 0 Å². The molecule has 0 radical (unpaired) electrons. The summed E-state index contributed by atoms with van der Waals surface area (Å²) in [5, 5.41) is 7.61. The first-order valence-corrected chi connectivity index (χ1v) is 10.2. The Bertz CT molecular complexity index is 786. The lowest BCUT2D eigenvalue weighted by molar-refractivity contribution is 0.0602. The maximum atomic E-state index is 12.2. The van der Waals surface area contributed by atoms with Crippen LogP contribution >= 0.6 is 23.6 Å². The Morgan fingerprint density at radius 1 is 1.41 bits per heavy atom. The van der Waals surface area contributed by atoms with E-state index in [0.717, 1.165) is 30.7 Å². The average Bonchev–Trinajstić information content (AvgIpc) is 3.32. The van der Waals surface area contributed by atoms with Crippen molar-refractivity contribution in [2.45, 2.75) is 38.3 Å². The number of esters is 1. The minimum Gasteiger partial charge on any atom is -0.465 e. The van der Waals surface area contributed by atoms with Gasteiger partial charge in [-0.05, 0) is 43.6 Å². The molecule has 27 heavy (non-hydrogen) atoms. The predicted octanol–water partition coefficient (Wildman–Crippen LogP) is 3.98. The van der Waals surface area contributed by atoms with Crippen molar-refractivity contribution >= 4 is 39.6 Å². The summed E-state index contributed by atoms with van der Waals surface area (Å²) in [5.74, 6) is -0.372. The van der Waals surface area contributed by atoms with Crippen molar-refractivity contribution in [1.29, 1.82) is 0 Å². The van der Waals surface area contributed by atoms with Gasteiger partial charge >= 0.3 is 5.97 Å². The van der Waals surface area contributed by atoms with Crippen LogP contribution < -0.4 is 10.6 Å². The number of methoxy groups -OCH3 is 1. The Labute approximate surface area is 169 Å². The zero-order valence-corrected chi connectivity index (χ0v) is 17.1. The van der Waals surface area contributed by atoms with Crippen LogP contribution in [0.25, 0.3) is 0 Å². The maximum absolute atomic E-state index is 12.2. The lowest BCUT2D eigenvalue weighted by atomic mass is 10.1. The second-order valence-corrected chi connectivity index (χ2v) is 8.09. The molecule has 3 rings (SSSR count). The van der Waals surface area contributed by atoms with Gasteiger partial charge in [-0.2, -0.15) is 0 Å². The van der Waals surface area contributed by atoms with E-state index < -0.39 is 0 Å². The van der Waals surface area contributed by atoms with E-state index in [1.807, 2.05) is 24.3 Å².